The maximum atomic E-state index is 12.2. The topological polar surface area (TPSA) is 77.0 Å². The van der Waals surface area contributed by atoms with E-state index < -0.39 is 0 Å². The zero-order chi connectivity index (χ0) is 14.0. The van der Waals surface area contributed by atoms with Crippen LogP contribution in [-0.2, 0) is 6.54 Å². The van der Waals surface area contributed by atoms with Gasteiger partial charge in [-0.15, -0.1) is 0 Å². The van der Waals surface area contributed by atoms with Crippen LogP contribution >= 0.6 is 0 Å². The summed E-state index contributed by atoms with van der Waals surface area (Å²) in [4.78, 5) is 16.3. The Labute approximate surface area is 111 Å². The summed E-state index contributed by atoms with van der Waals surface area (Å²) in [5.74, 6) is 5.79. The SMILES string of the molecule is Cc1nn(C(=O)N(N)Cc2ccccn2)c(C)c1C. The van der Waals surface area contributed by atoms with Crippen LogP contribution in [0.3, 0.4) is 0 Å². The molecule has 2 aromatic rings. The van der Waals surface area contributed by atoms with Crippen molar-refractivity contribution in [3.63, 3.8) is 0 Å². The minimum atomic E-state index is -0.362. The Balaban J connectivity index is 2.17. The molecule has 100 valence electrons. The van der Waals surface area contributed by atoms with Crippen molar-refractivity contribution in [2.75, 3.05) is 0 Å². The Morgan fingerprint density at radius 1 is 1.37 bits per heavy atom. The fraction of sp³-hybridized carbons (Fsp3) is 0.308. The number of hydrogen-bond acceptors (Lipinski definition) is 4. The molecule has 2 aromatic heterocycles. The van der Waals surface area contributed by atoms with Crippen LogP contribution in [0.4, 0.5) is 4.79 Å². The lowest BCUT2D eigenvalue weighted by atomic mass is 10.2. The summed E-state index contributed by atoms with van der Waals surface area (Å²) in [6, 6.07) is 5.13. The molecule has 6 nitrogen and oxygen atoms in total. The number of aryl methyl sites for hydroxylation is 1. The summed E-state index contributed by atoms with van der Waals surface area (Å²) in [6.45, 7) is 5.89. The molecular formula is C13H17N5O. The number of hydrazine groups is 1. The van der Waals surface area contributed by atoms with Crippen molar-refractivity contribution in [2.24, 2.45) is 5.84 Å². The van der Waals surface area contributed by atoms with E-state index in [9.17, 15) is 4.79 Å². The van der Waals surface area contributed by atoms with E-state index >= 15 is 0 Å². The van der Waals surface area contributed by atoms with E-state index in [1.807, 2.05) is 39.0 Å². The van der Waals surface area contributed by atoms with Gasteiger partial charge in [-0.2, -0.15) is 9.78 Å². The molecule has 0 radical (unpaired) electrons. The van der Waals surface area contributed by atoms with Gasteiger partial charge in [-0.1, -0.05) is 6.07 Å². The average molecular weight is 259 g/mol. The smallest absolute Gasteiger partial charge is 0.259 e. The highest BCUT2D eigenvalue weighted by atomic mass is 16.2. The van der Waals surface area contributed by atoms with Crippen LogP contribution in [0, 0.1) is 20.8 Å². The van der Waals surface area contributed by atoms with E-state index in [-0.39, 0.29) is 12.6 Å². The summed E-state index contributed by atoms with van der Waals surface area (Å²) in [6.07, 6.45) is 1.67. The number of nitrogens with two attached hydrogens (primary N) is 1. The van der Waals surface area contributed by atoms with Gasteiger partial charge in [-0.3, -0.25) is 9.99 Å². The second-order valence-corrected chi connectivity index (χ2v) is 4.44. The summed E-state index contributed by atoms with van der Waals surface area (Å²) < 4.78 is 1.33. The first-order valence-electron chi connectivity index (χ1n) is 6.00. The second kappa shape index (κ2) is 5.19. The summed E-state index contributed by atoms with van der Waals surface area (Å²) in [5, 5.41) is 5.31. The van der Waals surface area contributed by atoms with Crippen molar-refractivity contribution >= 4 is 6.03 Å². The van der Waals surface area contributed by atoms with Gasteiger partial charge in [-0.05, 0) is 38.5 Å². The van der Waals surface area contributed by atoms with Gasteiger partial charge in [0.05, 0.1) is 17.9 Å². The summed E-state index contributed by atoms with van der Waals surface area (Å²) >= 11 is 0. The van der Waals surface area contributed by atoms with Gasteiger partial charge < -0.3 is 0 Å². The van der Waals surface area contributed by atoms with Crippen molar-refractivity contribution in [2.45, 2.75) is 27.3 Å². The van der Waals surface area contributed by atoms with Crippen LogP contribution in [0.2, 0.25) is 0 Å². The predicted molar refractivity (Wildman–Crippen MR) is 71.2 cm³/mol. The maximum Gasteiger partial charge on any atom is 0.359 e. The number of pyridine rings is 1. The molecule has 2 rings (SSSR count). The molecule has 0 aliphatic carbocycles. The van der Waals surface area contributed by atoms with Crippen molar-refractivity contribution in [3.8, 4) is 0 Å². The lowest BCUT2D eigenvalue weighted by molar-refractivity contribution is 0.193. The molecule has 0 saturated carbocycles. The van der Waals surface area contributed by atoms with E-state index in [1.165, 1.54) is 4.68 Å². The lowest BCUT2D eigenvalue weighted by Crippen LogP contribution is -2.40. The predicted octanol–water partition coefficient (Wildman–Crippen LogP) is 1.55. The molecule has 0 fully saturated rings. The molecule has 0 saturated heterocycles. The highest BCUT2D eigenvalue weighted by molar-refractivity contribution is 5.76. The molecule has 0 bridgehead atoms. The minimum Gasteiger partial charge on any atom is -0.259 e. The molecule has 6 heteroatoms. The molecule has 1 amide bonds. The lowest BCUT2D eigenvalue weighted by Gasteiger charge is -2.16. The van der Waals surface area contributed by atoms with Crippen LogP contribution in [0.25, 0.3) is 0 Å². The molecule has 0 spiro atoms. The Morgan fingerprint density at radius 3 is 2.63 bits per heavy atom. The van der Waals surface area contributed by atoms with E-state index in [1.54, 1.807) is 6.20 Å². The van der Waals surface area contributed by atoms with Crippen molar-refractivity contribution in [1.29, 1.82) is 0 Å². The highest BCUT2D eigenvalue weighted by Crippen LogP contribution is 2.11. The standard InChI is InChI=1S/C13H17N5O/c1-9-10(2)16-18(11(9)3)13(19)17(14)8-12-6-4-5-7-15-12/h4-7H,8,14H2,1-3H3. The van der Waals surface area contributed by atoms with Crippen molar-refractivity contribution in [3.05, 3.63) is 47.0 Å². The molecule has 0 aromatic carbocycles. The Morgan fingerprint density at radius 2 is 2.11 bits per heavy atom. The van der Waals surface area contributed by atoms with Crippen LogP contribution in [-0.4, -0.2) is 25.8 Å². The number of carbonyl (C=O) groups excluding carboxylic acids is 1. The molecule has 0 aliphatic rings. The fourth-order valence-corrected chi connectivity index (χ4v) is 1.76. The highest BCUT2D eigenvalue weighted by Gasteiger charge is 2.18. The molecule has 0 unspecified atom stereocenters. The van der Waals surface area contributed by atoms with Gasteiger partial charge in [0.1, 0.15) is 0 Å². The van der Waals surface area contributed by atoms with Gasteiger partial charge in [0.15, 0.2) is 0 Å². The van der Waals surface area contributed by atoms with Gasteiger partial charge >= 0.3 is 6.03 Å². The first kappa shape index (κ1) is 13.2. The fourth-order valence-electron chi connectivity index (χ4n) is 1.76. The van der Waals surface area contributed by atoms with E-state index in [4.69, 9.17) is 5.84 Å². The molecular weight excluding hydrogens is 242 g/mol. The van der Waals surface area contributed by atoms with Gasteiger partial charge in [-0.25, -0.2) is 10.6 Å². The first-order chi connectivity index (χ1) is 9.00. The molecule has 19 heavy (non-hydrogen) atoms. The van der Waals surface area contributed by atoms with Crippen molar-refractivity contribution in [1.82, 2.24) is 19.8 Å². The average Bonchev–Trinajstić information content (AvgIpc) is 2.67. The number of aromatic nitrogens is 3. The van der Waals surface area contributed by atoms with E-state index in [0.29, 0.717) is 0 Å². The van der Waals surface area contributed by atoms with Crippen molar-refractivity contribution < 1.29 is 4.79 Å². The zero-order valence-corrected chi connectivity index (χ0v) is 11.3. The van der Waals surface area contributed by atoms with Crippen LogP contribution in [0.5, 0.6) is 0 Å². The number of amides is 1. The third-order valence-corrected chi connectivity index (χ3v) is 3.14. The quantitative estimate of drug-likeness (QED) is 0.504. The second-order valence-electron chi connectivity index (χ2n) is 4.44. The van der Waals surface area contributed by atoms with Gasteiger partial charge in [0.25, 0.3) is 0 Å². The van der Waals surface area contributed by atoms with E-state index in [2.05, 4.69) is 10.1 Å². The molecule has 2 N–H and O–H groups in total. The monoisotopic (exact) mass is 259 g/mol. The van der Waals surface area contributed by atoms with Crippen LogP contribution in [0.15, 0.2) is 24.4 Å². The van der Waals surface area contributed by atoms with Gasteiger partial charge in [0.2, 0.25) is 0 Å². The number of nitrogens with zero attached hydrogens (tertiary/aromatic N) is 4. The molecule has 2 heterocycles. The minimum absolute atomic E-state index is 0.247. The normalized spacial score (nSPS) is 10.5. The third kappa shape index (κ3) is 2.63. The number of carbonyl (C=O) groups is 1. The van der Waals surface area contributed by atoms with Crippen LogP contribution in [0.1, 0.15) is 22.6 Å². The zero-order valence-electron chi connectivity index (χ0n) is 11.3. The number of hydrogen-bond donors (Lipinski definition) is 1. The summed E-state index contributed by atoms with van der Waals surface area (Å²) in [7, 11) is 0. The van der Waals surface area contributed by atoms with Crippen LogP contribution < -0.4 is 5.84 Å². The maximum absolute atomic E-state index is 12.2. The summed E-state index contributed by atoms with van der Waals surface area (Å²) in [5.41, 5.74) is 3.37. The molecule has 0 atom stereocenters. The Bertz CT molecular complexity index is 591. The Kier molecular flexibility index (Phi) is 3.62. The molecule has 0 aliphatic heterocycles. The Hall–Kier alpha value is -2.21. The van der Waals surface area contributed by atoms with E-state index in [0.717, 1.165) is 27.7 Å². The van der Waals surface area contributed by atoms with Gasteiger partial charge in [0, 0.05) is 11.9 Å². The largest absolute Gasteiger partial charge is 0.359 e. The first-order valence-corrected chi connectivity index (χ1v) is 6.00. The number of rotatable bonds is 2. The third-order valence-electron chi connectivity index (χ3n) is 3.14.